The molecule has 0 aromatic heterocycles. The number of sulfonamides is 1. The van der Waals surface area contributed by atoms with Crippen LogP contribution < -0.4 is 5.32 Å². The summed E-state index contributed by atoms with van der Waals surface area (Å²) in [5.74, 6) is 0. The van der Waals surface area contributed by atoms with Crippen molar-refractivity contribution < 1.29 is 26.4 Å². The number of alkyl halides is 3. The molecule has 1 heterocycles. The number of rotatable bonds is 6. The van der Waals surface area contributed by atoms with Gasteiger partial charge < -0.3 is 10.2 Å². The first-order chi connectivity index (χ1) is 15.1. The van der Waals surface area contributed by atoms with Crippen LogP contribution in [0.25, 0.3) is 0 Å². The average molecular weight is 470 g/mol. The zero-order chi connectivity index (χ0) is 23.4. The second kappa shape index (κ2) is 9.91. The molecule has 3 rings (SSSR count). The van der Waals surface area contributed by atoms with Crippen LogP contribution in [0.1, 0.15) is 36.0 Å². The molecule has 2 aromatic carbocycles. The monoisotopic (exact) mass is 469 g/mol. The Morgan fingerprint density at radius 3 is 2.28 bits per heavy atom. The molecular weight excluding hydrogens is 443 g/mol. The number of nitrogens with zero attached hydrogens (tertiary/aromatic N) is 2. The lowest BCUT2D eigenvalue weighted by Crippen LogP contribution is -2.37. The van der Waals surface area contributed by atoms with Crippen molar-refractivity contribution in [2.24, 2.45) is 0 Å². The van der Waals surface area contributed by atoms with Crippen LogP contribution >= 0.6 is 0 Å². The number of nitrogens with one attached hydrogen (secondary N) is 1. The standard InChI is InChI=1S/C22H26F3N3O3S/c1-27(16-18-7-3-4-8-20(18)22(23,24)25)21(29)26-15-17-9-11-19(12-10-17)32(30,31)28-13-5-2-6-14-28/h3-4,7-12H,2,5-6,13-16H2,1H3,(H,26,29). The highest BCUT2D eigenvalue weighted by atomic mass is 32.2. The number of carbonyl (C=O) groups is 1. The van der Waals surface area contributed by atoms with Crippen molar-refractivity contribution in [2.45, 2.75) is 43.4 Å². The third-order valence-electron chi connectivity index (χ3n) is 5.40. The Kier molecular flexibility index (Phi) is 7.45. The number of hydrogen-bond donors (Lipinski definition) is 1. The Labute approximate surface area is 186 Å². The minimum absolute atomic E-state index is 0.00456. The molecule has 2 aromatic rings. The SMILES string of the molecule is CN(Cc1ccccc1C(F)(F)F)C(=O)NCc1ccc(S(=O)(=O)N2CCCCC2)cc1. The van der Waals surface area contributed by atoms with Crippen LogP contribution in [-0.2, 0) is 29.3 Å². The largest absolute Gasteiger partial charge is 0.416 e. The first-order valence-electron chi connectivity index (χ1n) is 10.3. The molecule has 174 valence electrons. The van der Waals surface area contributed by atoms with Gasteiger partial charge in [-0.3, -0.25) is 0 Å². The molecule has 0 atom stereocenters. The van der Waals surface area contributed by atoms with Gasteiger partial charge in [-0.25, -0.2) is 13.2 Å². The Morgan fingerprint density at radius 2 is 1.66 bits per heavy atom. The maximum atomic E-state index is 13.1. The molecule has 0 radical (unpaired) electrons. The first kappa shape index (κ1) is 24.1. The van der Waals surface area contributed by atoms with E-state index in [4.69, 9.17) is 0 Å². The van der Waals surface area contributed by atoms with Crippen molar-refractivity contribution in [3.63, 3.8) is 0 Å². The second-order valence-electron chi connectivity index (χ2n) is 7.78. The molecule has 10 heteroatoms. The van der Waals surface area contributed by atoms with E-state index in [-0.39, 0.29) is 23.5 Å². The number of urea groups is 1. The van der Waals surface area contributed by atoms with Gasteiger partial charge in [0.2, 0.25) is 10.0 Å². The van der Waals surface area contributed by atoms with Crippen LogP contribution in [0.15, 0.2) is 53.4 Å². The van der Waals surface area contributed by atoms with E-state index in [1.54, 1.807) is 12.1 Å². The molecule has 2 amide bonds. The van der Waals surface area contributed by atoms with E-state index in [0.29, 0.717) is 18.7 Å². The molecule has 0 saturated carbocycles. The number of benzene rings is 2. The predicted octanol–water partition coefficient (Wildman–Crippen LogP) is 4.22. The zero-order valence-corrected chi connectivity index (χ0v) is 18.5. The molecule has 1 fully saturated rings. The van der Waals surface area contributed by atoms with Gasteiger partial charge >= 0.3 is 12.2 Å². The van der Waals surface area contributed by atoms with Crippen LogP contribution in [-0.4, -0.2) is 43.8 Å². The van der Waals surface area contributed by atoms with E-state index in [1.165, 1.54) is 46.6 Å². The van der Waals surface area contributed by atoms with Crippen LogP contribution in [0.5, 0.6) is 0 Å². The lowest BCUT2D eigenvalue weighted by Gasteiger charge is -2.25. The topological polar surface area (TPSA) is 69.7 Å². The Balaban J connectivity index is 1.58. The molecule has 1 saturated heterocycles. The molecule has 32 heavy (non-hydrogen) atoms. The van der Waals surface area contributed by atoms with Crippen molar-refractivity contribution in [1.82, 2.24) is 14.5 Å². The number of amides is 2. The van der Waals surface area contributed by atoms with Gasteiger partial charge in [0.15, 0.2) is 0 Å². The minimum atomic E-state index is -4.50. The molecule has 1 aliphatic heterocycles. The first-order valence-corrected chi connectivity index (χ1v) is 11.8. The molecule has 0 bridgehead atoms. The highest BCUT2D eigenvalue weighted by Gasteiger charge is 2.33. The number of hydrogen-bond acceptors (Lipinski definition) is 3. The fourth-order valence-electron chi connectivity index (χ4n) is 3.61. The van der Waals surface area contributed by atoms with Gasteiger partial charge in [-0.2, -0.15) is 17.5 Å². The lowest BCUT2D eigenvalue weighted by atomic mass is 10.1. The summed E-state index contributed by atoms with van der Waals surface area (Å²) in [6.07, 6.45) is -1.76. The fraction of sp³-hybridized carbons (Fsp3) is 0.409. The summed E-state index contributed by atoms with van der Waals surface area (Å²) < 4.78 is 66.3. The van der Waals surface area contributed by atoms with Gasteiger partial charge in [-0.05, 0) is 42.2 Å². The second-order valence-corrected chi connectivity index (χ2v) is 9.72. The molecule has 1 N–H and O–H groups in total. The number of halogens is 3. The van der Waals surface area contributed by atoms with E-state index in [2.05, 4.69) is 5.32 Å². The van der Waals surface area contributed by atoms with Gasteiger partial charge in [0, 0.05) is 33.2 Å². The van der Waals surface area contributed by atoms with Crippen LogP contribution in [0.2, 0.25) is 0 Å². The normalized spacial score (nSPS) is 15.4. The lowest BCUT2D eigenvalue weighted by molar-refractivity contribution is -0.138. The summed E-state index contributed by atoms with van der Waals surface area (Å²) in [5, 5.41) is 2.64. The van der Waals surface area contributed by atoms with E-state index < -0.39 is 27.8 Å². The molecule has 6 nitrogen and oxygen atoms in total. The van der Waals surface area contributed by atoms with Gasteiger partial charge in [0.1, 0.15) is 0 Å². The summed E-state index contributed by atoms with van der Waals surface area (Å²) in [7, 11) is -2.11. The smallest absolute Gasteiger partial charge is 0.334 e. The van der Waals surface area contributed by atoms with Gasteiger partial charge in [0.05, 0.1) is 10.5 Å². The van der Waals surface area contributed by atoms with E-state index >= 15 is 0 Å². The van der Waals surface area contributed by atoms with Crippen LogP contribution in [0.3, 0.4) is 0 Å². The maximum absolute atomic E-state index is 13.1. The average Bonchev–Trinajstić information content (AvgIpc) is 2.78. The Bertz CT molecular complexity index is 1030. The summed E-state index contributed by atoms with van der Waals surface area (Å²) in [6.45, 7) is 0.955. The molecular formula is C22H26F3N3O3S. The zero-order valence-electron chi connectivity index (χ0n) is 17.7. The minimum Gasteiger partial charge on any atom is -0.334 e. The molecule has 1 aliphatic rings. The van der Waals surface area contributed by atoms with Gasteiger partial charge in [0.25, 0.3) is 0 Å². The third kappa shape index (κ3) is 5.80. The molecule has 0 spiro atoms. The summed E-state index contributed by atoms with van der Waals surface area (Å²) in [6, 6.07) is 10.9. The highest BCUT2D eigenvalue weighted by Crippen LogP contribution is 2.32. The Morgan fingerprint density at radius 1 is 1.03 bits per heavy atom. The maximum Gasteiger partial charge on any atom is 0.416 e. The highest BCUT2D eigenvalue weighted by molar-refractivity contribution is 7.89. The quantitative estimate of drug-likeness (QED) is 0.689. The van der Waals surface area contributed by atoms with Crippen LogP contribution in [0.4, 0.5) is 18.0 Å². The van der Waals surface area contributed by atoms with Crippen molar-refractivity contribution in [3.8, 4) is 0 Å². The predicted molar refractivity (Wildman–Crippen MR) is 114 cm³/mol. The molecule has 0 unspecified atom stereocenters. The van der Waals surface area contributed by atoms with Crippen LogP contribution in [0, 0.1) is 0 Å². The van der Waals surface area contributed by atoms with Gasteiger partial charge in [-0.1, -0.05) is 36.8 Å². The van der Waals surface area contributed by atoms with Crippen molar-refractivity contribution in [2.75, 3.05) is 20.1 Å². The van der Waals surface area contributed by atoms with Crippen molar-refractivity contribution >= 4 is 16.1 Å². The number of piperidine rings is 1. The number of carbonyl (C=O) groups excluding carboxylic acids is 1. The summed E-state index contributed by atoms with van der Waals surface area (Å²) in [4.78, 5) is 13.7. The Hall–Kier alpha value is -2.59. The van der Waals surface area contributed by atoms with Crippen molar-refractivity contribution in [1.29, 1.82) is 0 Å². The third-order valence-corrected chi connectivity index (χ3v) is 7.31. The van der Waals surface area contributed by atoms with E-state index in [1.807, 2.05) is 0 Å². The van der Waals surface area contributed by atoms with E-state index in [9.17, 15) is 26.4 Å². The van der Waals surface area contributed by atoms with E-state index in [0.717, 1.165) is 25.3 Å². The van der Waals surface area contributed by atoms with Gasteiger partial charge in [-0.15, -0.1) is 0 Å². The van der Waals surface area contributed by atoms with Crippen molar-refractivity contribution in [3.05, 3.63) is 65.2 Å². The summed E-state index contributed by atoms with van der Waals surface area (Å²) in [5.41, 5.74) is -0.0879. The summed E-state index contributed by atoms with van der Waals surface area (Å²) >= 11 is 0. The molecule has 0 aliphatic carbocycles. The fourth-order valence-corrected chi connectivity index (χ4v) is 5.13.